The van der Waals surface area contributed by atoms with E-state index in [0.717, 1.165) is 12.8 Å². The van der Waals surface area contributed by atoms with Crippen molar-refractivity contribution < 1.29 is 23.2 Å². The minimum atomic E-state index is -0.584. The molecule has 11 nitrogen and oxygen atoms in total. The molecule has 186 valence electrons. The maximum atomic E-state index is 13.1. The number of rotatable bonds is 4. The first-order chi connectivity index (χ1) is 16.8. The third-order valence-corrected chi connectivity index (χ3v) is 7.07. The number of amides is 3. The Morgan fingerprint density at radius 1 is 0.857 bits per heavy atom. The quantitative estimate of drug-likeness (QED) is 0.493. The Hall–Kier alpha value is -3.54. The van der Waals surface area contributed by atoms with Crippen molar-refractivity contribution in [2.45, 2.75) is 59.2 Å². The summed E-state index contributed by atoms with van der Waals surface area (Å²) in [6.45, 7) is 8.01. The molecule has 0 spiro atoms. The van der Waals surface area contributed by atoms with Crippen molar-refractivity contribution in [1.29, 1.82) is 0 Å². The van der Waals surface area contributed by atoms with Crippen molar-refractivity contribution in [2.75, 3.05) is 0 Å². The summed E-state index contributed by atoms with van der Waals surface area (Å²) in [5, 5.41) is 10.8. The van der Waals surface area contributed by atoms with Crippen LogP contribution >= 0.6 is 11.3 Å². The van der Waals surface area contributed by atoms with Gasteiger partial charge in [0.15, 0.2) is 11.4 Å². The van der Waals surface area contributed by atoms with E-state index in [1.807, 2.05) is 27.7 Å². The van der Waals surface area contributed by atoms with E-state index in [2.05, 4.69) is 30.9 Å². The summed E-state index contributed by atoms with van der Waals surface area (Å²) >= 11 is 1.26. The summed E-state index contributed by atoms with van der Waals surface area (Å²) in [5.41, 5.74) is 0.369. The van der Waals surface area contributed by atoms with Gasteiger partial charge >= 0.3 is 0 Å². The van der Waals surface area contributed by atoms with Gasteiger partial charge < -0.3 is 24.8 Å². The maximum absolute atomic E-state index is 13.1. The molecule has 4 atom stereocenters. The topological polar surface area (TPSA) is 152 Å². The van der Waals surface area contributed by atoms with Crippen LogP contribution in [0, 0.1) is 11.8 Å². The highest BCUT2D eigenvalue weighted by Crippen LogP contribution is 2.27. The first-order valence-corrected chi connectivity index (χ1v) is 12.4. The zero-order chi connectivity index (χ0) is 25.1. The second-order valence-corrected chi connectivity index (χ2v) is 9.57. The lowest BCUT2D eigenvalue weighted by atomic mass is 9.98. The van der Waals surface area contributed by atoms with Crippen molar-refractivity contribution in [2.24, 2.45) is 11.8 Å². The van der Waals surface area contributed by atoms with Crippen LogP contribution in [-0.4, -0.2) is 32.7 Å². The lowest BCUT2D eigenvalue weighted by molar-refractivity contribution is 0.0903. The molecule has 3 aromatic heterocycles. The van der Waals surface area contributed by atoms with Crippen LogP contribution in [-0.2, 0) is 6.54 Å². The van der Waals surface area contributed by atoms with Gasteiger partial charge in [0, 0.05) is 5.38 Å². The fourth-order valence-electron chi connectivity index (χ4n) is 3.61. The number of carbonyl (C=O) groups is 3. The van der Waals surface area contributed by atoms with Gasteiger partial charge in [-0.15, -0.1) is 11.3 Å². The molecule has 0 saturated carbocycles. The van der Waals surface area contributed by atoms with E-state index in [0.29, 0.717) is 5.01 Å². The normalized spacial score (nSPS) is 20.7. The van der Waals surface area contributed by atoms with Gasteiger partial charge in [-0.05, 0) is 11.8 Å². The van der Waals surface area contributed by atoms with E-state index in [9.17, 15) is 14.4 Å². The minimum absolute atomic E-state index is 0.0184. The van der Waals surface area contributed by atoms with Crippen LogP contribution in [0.5, 0.6) is 0 Å². The second kappa shape index (κ2) is 10.4. The third-order valence-electron chi connectivity index (χ3n) is 6.22. The molecule has 1 aliphatic heterocycles. The van der Waals surface area contributed by atoms with Crippen molar-refractivity contribution in [3.05, 3.63) is 51.8 Å². The predicted molar refractivity (Wildman–Crippen MR) is 126 cm³/mol. The van der Waals surface area contributed by atoms with Gasteiger partial charge in [-0.2, -0.15) is 0 Å². The van der Waals surface area contributed by atoms with Gasteiger partial charge in [0.2, 0.25) is 11.8 Å². The number of oxazole rings is 2. The highest BCUT2D eigenvalue weighted by Gasteiger charge is 2.31. The number of carbonyl (C=O) groups excluding carboxylic acids is 3. The summed E-state index contributed by atoms with van der Waals surface area (Å²) in [7, 11) is 0. The molecule has 1 aliphatic rings. The highest BCUT2D eigenvalue weighted by molar-refractivity contribution is 7.09. The molecule has 0 unspecified atom stereocenters. The molecule has 3 aromatic rings. The third kappa shape index (κ3) is 5.26. The van der Waals surface area contributed by atoms with Crippen LogP contribution in [0.15, 0.2) is 26.7 Å². The predicted octanol–water partition coefficient (Wildman–Crippen LogP) is 3.40. The molecular formula is C23H28N6O5S. The lowest BCUT2D eigenvalue weighted by Gasteiger charge is -2.21. The van der Waals surface area contributed by atoms with Gasteiger partial charge in [-0.25, -0.2) is 15.0 Å². The van der Waals surface area contributed by atoms with Crippen LogP contribution in [0.1, 0.15) is 101 Å². The Kier molecular flexibility index (Phi) is 7.29. The average Bonchev–Trinajstić information content (AvgIpc) is 3.63. The number of thiazole rings is 1. The summed E-state index contributed by atoms with van der Waals surface area (Å²) in [6, 6.07) is -1.14. The Morgan fingerprint density at radius 3 is 1.91 bits per heavy atom. The zero-order valence-corrected chi connectivity index (χ0v) is 20.8. The number of nitrogens with one attached hydrogen (secondary N) is 3. The average molecular weight is 501 g/mol. The molecule has 0 radical (unpaired) electrons. The van der Waals surface area contributed by atoms with Gasteiger partial charge in [0.05, 0.1) is 6.54 Å². The molecule has 0 aromatic carbocycles. The Morgan fingerprint density at radius 2 is 1.37 bits per heavy atom. The molecule has 0 saturated heterocycles. The van der Waals surface area contributed by atoms with Crippen molar-refractivity contribution in [1.82, 2.24) is 30.9 Å². The molecule has 6 bridgehead atoms. The molecular weight excluding hydrogens is 472 g/mol. The summed E-state index contributed by atoms with van der Waals surface area (Å²) in [5.74, 6) is -0.915. The zero-order valence-electron chi connectivity index (χ0n) is 20.0. The lowest BCUT2D eigenvalue weighted by Crippen LogP contribution is -2.34. The number of hydrogen-bond acceptors (Lipinski definition) is 9. The van der Waals surface area contributed by atoms with Gasteiger partial charge in [-0.1, -0.05) is 40.5 Å². The fourth-order valence-corrected chi connectivity index (χ4v) is 4.32. The van der Waals surface area contributed by atoms with Crippen molar-refractivity contribution >= 4 is 29.1 Å². The van der Waals surface area contributed by atoms with Crippen molar-refractivity contribution in [3.63, 3.8) is 0 Å². The van der Waals surface area contributed by atoms with Crippen LogP contribution in [0.2, 0.25) is 0 Å². The Bertz CT molecular complexity index is 1210. The van der Waals surface area contributed by atoms with E-state index in [1.54, 1.807) is 5.38 Å². The molecule has 0 fully saturated rings. The van der Waals surface area contributed by atoms with E-state index in [-0.39, 0.29) is 47.2 Å². The van der Waals surface area contributed by atoms with E-state index in [1.165, 1.54) is 23.9 Å². The maximum Gasteiger partial charge on any atom is 0.273 e. The summed E-state index contributed by atoms with van der Waals surface area (Å²) < 4.78 is 11.2. The Labute approximate surface area is 206 Å². The number of hydrogen-bond donors (Lipinski definition) is 3. The second-order valence-electron chi connectivity index (χ2n) is 8.62. The summed E-state index contributed by atoms with van der Waals surface area (Å²) in [6.07, 6.45) is 3.99. The fraction of sp³-hybridized carbons (Fsp3) is 0.478. The van der Waals surface area contributed by atoms with Gasteiger partial charge in [-0.3, -0.25) is 14.4 Å². The Balaban J connectivity index is 1.73. The van der Waals surface area contributed by atoms with Crippen molar-refractivity contribution in [3.8, 4) is 0 Å². The highest BCUT2D eigenvalue weighted by atomic mass is 32.1. The van der Waals surface area contributed by atoms with E-state index < -0.39 is 29.8 Å². The molecule has 35 heavy (non-hydrogen) atoms. The number of aromatic nitrogens is 3. The number of fused-ring (bicyclic) bond motifs is 6. The molecule has 3 amide bonds. The van der Waals surface area contributed by atoms with E-state index >= 15 is 0 Å². The van der Waals surface area contributed by atoms with E-state index in [4.69, 9.17) is 8.83 Å². The molecule has 3 N–H and O–H groups in total. The monoisotopic (exact) mass is 500 g/mol. The van der Waals surface area contributed by atoms with Crippen LogP contribution in [0.4, 0.5) is 0 Å². The molecule has 0 aliphatic carbocycles. The minimum Gasteiger partial charge on any atom is -0.446 e. The molecule has 4 rings (SSSR count). The SMILES string of the molecule is CC[C@H](C)[C@@H]1NC(=O)c2coc(n2)[C@H]([C@@H](C)CC)NC(=O)c2csc(n2)CNC(=O)c2coc1n2. The van der Waals surface area contributed by atoms with Crippen LogP contribution in [0.3, 0.4) is 0 Å². The first kappa shape index (κ1) is 24.6. The standard InChI is InChI=1S/C23H28N6O5S/c1-5-11(3)17-22-26-13(8-33-22)19(30)24-7-16-25-15(10-35-16)21(32)29-18(12(4)6-2)23-27-14(9-34-23)20(31)28-17/h8-12,17-18H,5-7H2,1-4H3,(H,24,30)(H,28,31)(H,29,32)/t11-,12-,17-,18-/m0/s1. The first-order valence-electron chi connectivity index (χ1n) is 11.6. The summed E-state index contributed by atoms with van der Waals surface area (Å²) in [4.78, 5) is 51.6. The molecule has 4 heterocycles. The number of nitrogens with zero attached hydrogens (tertiary/aromatic N) is 3. The van der Waals surface area contributed by atoms with Gasteiger partial charge in [0.1, 0.15) is 35.3 Å². The van der Waals surface area contributed by atoms with Crippen LogP contribution < -0.4 is 16.0 Å². The van der Waals surface area contributed by atoms with Crippen LogP contribution in [0.25, 0.3) is 0 Å². The van der Waals surface area contributed by atoms with Gasteiger partial charge in [0.25, 0.3) is 17.7 Å². The largest absolute Gasteiger partial charge is 0.446 e. The molecule has 12 heteroatoms. The smallest absolute Gasteiger partial charge is 0.273 e.